The van der Waals surface area contributed by atoms with Crippen LogP contribution in [0.5, 0.6) is 11.5 Å². The molecule has 0 aliphatic rings. The lowest BCUT2D eigenvalue weighted by atomic mass is 10.2. The Hall–Kier alpha value is -2.10. The molecule has 0 spiro atoms. The molecule has 3 rings (SSSR count). The lowest BCUT2D eigenvalue weighted by Gasteiger charge is -2.11. The van der Waals surface area contributed by atoms with Gasteiger partial charge in [-0.1, -0.05) is 23.7 Å². The molecule has 4 heteroatoms. The van der Waals surface area contributed by atoms with Crippen molar-refractivity contribution in [2.45, 2.75) is 13.5 Å². The van der Waals surface area contributed by atoms with Gasteiger partial charge in [0.25, 0.3) is 0 Å². The number of aliphatic hydroxyl groups excluding tert-OH is 1. The van der Waals surface area contributed by atoms with Crippen LogP contribution in [0.15, 0.2) is 48.5 Å². The number of pyridine rings is 1. The third-order valence-electron chi connectivity index (χ3n) is 3.25. The number of hydrogen-bond donors (Lipinski definition) is 1. The van der Waals surface area contributed by atoms with Crippen LogP contribution in [0.1, 0.15) is 11.3 Å². The van der Waals surface area contributed by atoms with E-state index in [0.717, 1.165) is 16.5 Å². The fourth-order valence-electron chi connectivity index (χ4n) is 2.17. The minimum absolute atomic E-state index is 0.124. The van der Waals surface area contributed by atoms with Gasteiger partial charge >= 0.3 is 0 Å². The topological polar surface area (TPSA) is 42.4 Å². The Balaban J connectivity index is 2.08. The van der Waals surface area contributed by atoms with E-state index in [1.807, 2.05) is 49.4 Å². The number of aryl methyl sites for hydroxylation is 1. The van der Waals surface area contributed by atoms with E-state index in [1.165, 1.54) is 0 Å². The van der Waals surface area contributed by atoms with Crippen LogP contribution in [-0.4, -0.2) is 10.1 Å². The lowest BCUT2D eigenvalue weighted by molar-refractivity contribution is 0.277. The zero-order valence-corrected chi connectivity index (χ0v) is 12.3. The van der Waals surface area contributed by atoms with E-state index in [4.69, 9.17) is 16.3 Å². The fourth-order valence-corrected chi connectivity index (χ4v) is 2.29. The van der Waals surface area contributed by atoms with Crippen molar-refractivity contribution in [3.63, 3.8) is 0 Å². The normalized spacial score (nSPS) is 10.8. The first-order valence-corrected chi connectivity index (χ1v) is 6.98. The molecule has 0 bridgehead atoms. The van der Waals surface area contributed by atoms with Crippen molar-refractivity contribution in [3.8, 4) is 11.5 Å². The lowest BCUT2D eigenvalue weighted by Crippen LogP contribution is -1.94. The summed E-state index contributed by atoms with van der Waals surface area (Å²) in [6, 6.07) is 15.0. The van der Waals surface area contributed by atoms with Crippen molar-refractivity contribution in [1.29, 1.82) is 0 Å². The number of hydrogen-bond acceptors (Lipinski definition) is 3. The molecule has 1 aromatic heterocycles. The van der Waals surface area contributed by atoms with Crippen molar-refractivity contribution in [1.82, 2.24) is 4.98 Å². The van der Waals surface area contributed by atoms with Crippen molar-refractivity contribution in [2.75, 3.05) is 0 Å². The van der Waals surface area contributed by atoms with Crippen molar-refractivity contribution in [3.05, 3.63) is 64.8 Å². The van der Waals surface area contributed by atoms with Gasteiger partial charge in [-0.15, -0.1) is 0 Å². The molecule has 0 aliphatic carbocycles. The second-order valence-electron chi connectivity index (χ2n) is 4.80. The molecular weight excluding hydrogens is 286 g/mol. The Morgan fingerprint density at radius 3 is 2.71 bits per heavy atom. The van der Waals surface area contributed by atoms with Crippen LogP contribution in [0, 0.1) is 6.92 Å². The predicted octanol–water partition coefficient (Wildman–Crippen LogP) is 4.48. The predicted molar refractivity (Wildman–Crippen MR) is 83.9 cm³/mol. The van der Waals surface area contributed by atoms with Gasteiger partial charge in [-0.25, -0.2) is 0 Å². The number of aliphatic hydroxyl groups is 1. The number of benzene rings is 2. The molecule has 0 unspecified atom stereocenters. The van der Waals surface area contributed by atoms with Gasteiger partial charge < -0.3 is 9.84 Å². The molecule has 0 saturated heterocycles. The molecule has 21 heavy (non-hydrogen) atoms. The Morgan fingerprint density at radius 2 is 1.95 bits per heavy atom. The highest BCUT2D eigenvalue weighted by Gasteiger charge is 2.08. The first-order chi connectivity index (χ1) is 10.2. The molecule has 0 fully saturated rings. The van der Waals surface area contributed by atoms with Gasteiger partial charge in [-0.05, 0) is 42.8 Å². The zero-order chi connectivity index (χ0) is 14.8. The van der Waals surface area contributed by atoms with E-state index in [1.54, 1.807) is 6.07 Å². The van der Waals surface area contributed by atoms with Gasteiger partial charge in [0.1, 0.15) is 11.5 Å². The Kier molecular flexibility index (Phi) is 3.78. The van der Waals surface area contributed by atoms with Gasteiger partial charge in [0.15, 0.2) is 0 Å². The van der Waals surface area contributed by atoms with E-state index in [9.17, 15) is 5.11 Å². The van der Waals surface area contributed by atoms with E-state index in [0.29, 0.717) is 22.2 Å². The maximum Gasteiger partial charge on any atom is 0.138 e. The number of nitrogens with zero attached hydrogens (tertiary/aromatic N) is 1. The summed E-state index contributed by atoms with van der Waals surface area (Å²) >= 11 is 6.03. The van der Waals surface area contributed by atoms with Gasteiger partial charge in [-0.2, -0.15) is 0 Å². The van der Waals surface area contributed by atoms with E-state index < -0.39 is 0 Å². The highest BCUT2D eigenvalue weighted by atomic mass is 35.5. The highest BCUT2D eigenvalue weighted by molar-refractivity contribution is 6.31. The summed E-state index contributed by atoms with van der Waals surface area (Å²) in [5, 5.41) is 10.9. The molecule has 0 radical (unpaired) electrons. The van der Waals surface area contributed by atoms with Gasteiger partial charge in [0.05, 0.1) is 17.8 Å². The van der Waals surface area contributed by atoms with Gasteiger partial charge in [-0.3, -0.25) is 4.98 Å². The molecule has 1 N–H and O–H groups in total. The molecule has 2 aromatic carbocycles. The average molecular weight is 300 g/mol. The van der Waals surface area contributed by atoms with Crippen LogP contribution in [0.3, 0.4) is 0 Å². The minimum atomic E-state index is -0.124. The summed E-state index contributed by atoms with van der Waals surface area (Å²) in [6.45, 7) is 1.81. The number of halogens is 1. The first kappa shape index (κ1) is 13.9. The summed E-state index contributed by atoms with van der Waals surface area (Å²) in [6.07, 6.45) is 0. The van der Waals surface area contributed by atoms with Crippen LogP contribution in [0.25, 0.3) is 10.9 Å². The number of rotatable bonds is 3. The fraction of sp³-hybridized carbons (Fsp3) is 0.118. The number of fused-ring (bicyclic) bond motifs is 1. The van der Waals surface area contributed by atoms with Crippen LogP contribution >= 0.6 is 11.6 Å². The molecule has 1 heterocycles. The molecular formula is C17H14ClNO2. The number of aromatic nitrogens is 1. The average Bonchev–Trinajstić information content (AvgIpc) is 2.51. The summed E-state index contributed by atoms with van der Waals surface area (Å²) in [4.78, 5) is 4.38. The summed E-state index contributed by atoms with van der Waals surface area (Å²) in [5.41, 5.74) is 2.33. The first-order valence-electron chi connectivity index (χ1n) is 6.61. The number of para-hydroxylation sites is 1. The Morgan fingerprint density at radius 1 is 1.14 bits per heavy atom. The number of ether oxygens (including phenoxy) is 1. The third kappa shape index (κ3) is 2.84. The van der Waals surface area contributed by atoms with Crippen molar-refractivity contribution >= 4 is 22.5 Å². The Bertz CT molecular complexity index is 802. The maximum atomic E-state index is 9.33. The molecule has 3 aromatic rings. The van der Waals surface area contributed by atoms with Crippen LogP contribution < -0.4 is 4.74 Å². The molecule has 0 aliphatic heterocycles. The summed E-state index contributed by atoms with van der Waals surface area (Å²) in [7, 11) is 0. The van der Waals surface area contributed by atoms with E-state index >= 15 is 0 Å². The molecule has 0 saturated carbocycles. The third-order valence-corrected chi connectivity index (χ3v) is 3.67. The highest BCUT2D eigenvalue weighted by Crippen LogP contribution is 2.31. The molecule has 106 valence electrons. The molecule has 0 amide bonds. The Labute approximate surface area is 127 Å². The van der Waals surface area contributed by atoms with Crippen LogP contribution in [0.4, 0.5) is 0 Å². The molecule has 0 atom stereocenters. The largest absolute Gasteiger partial charge is 0.457 e. The van der Waals surface area contributed by atoms with Gasteiger partial charge in [0, 0.05) is 16.5 Å². The van der Waals surface area contributed by atoms with Crippen LogP contribution in [-0.2, 0) is 6.61 Å². The smallest absolute Gasteiger partial charge is 0.138 e. The standard InChI is InChI=1S/C17H14ClNO2/c1-11-8-13(6-7-15(11)18)21-17-9-12(10-20)19-16-5-3-2-4-14(16)17/h2-9,20H,10H2,1H3. The van der Waals surface area contributed by atoms with Crippen molar-refractivity contribution < 1.29 is 9.84 Å². The van der Waals surface area contributed by atoms with Crippen LogP contribution in [0.2, 0.25) is 5.02 Å². The molecule has 3 nitrogen and oxygen atoms in total. The second kappa shape index (κ2) is 5.72. The minimum Gasteiger partial charge on any atom is -0.457 e. The second-order valence-corrected chi connectivity index (χ2v) is 5.21. The van der Waals surface area contributed by atoms with E-state index in [2.05, 4.69) is 4.98 Å². The summed E-state index contributed by atoms with van der Waals surface area (Å²) in [5.74, 6) is 1.38. The zero-order valence-electron chi connectivity index (χ0n) is 11.5. The van der Waals surface area contributed by atoms with Crippen molar-refractivity contribution in [2.24, 2.45) is 0 Å². The monoisotopic (exact) mass is 299 g/mol. The SMILES string of the molecule is Cc1cc(Oc2cc(CO)nc3ccccc23)ccc1Cl. The van der Waals surface area contributed by atoms with E-state index in [-0.39, 0.29) is 6.61 Å². The maximum absolute atomic E-state index is 9.33. The quantitative estimate of drug-likeness (QED) is 0.775. The summed E-state index contributed by atoms with van der Waals surface area (Å²) < 4.78 is 5.96. The van der Waals surface area contributed by atoms with Gasteiger partial charge in [0.2, 0.25) is 0 Å².